The summed E-state index contributed by atoms with van der Waals surface area (Å²) in [5.74, 6) is -2.39. The van der Waals surface area contributed by atoms with Crippen LogP contribution in [0.1, 0.15) is 10.4 Å². The summed E-state index contributed by atoms with van der Waals surface area (Å²) in [5.41, 5.74) is 4.98. The zero-order chi connectivity index (χ0) is 25.2. The Balaban J connectivity index is 2.32. The van der Waals surface area contributed by atoms with E-state index in [4.69, 9.17) is 14.9 Å². The molecule has 2 aromatic carbocycles. The molecule has 11 nitrogen and oxygen atoms in total. The molecule has 0 radical (unpaired) electrons. The number of nitrogens with zero attached hydrogens (tertiary/aromatic N) is 1. The number of hydrogen-bond donors (Lipinski definition) is 2. The highest BCUT2D eigenvalue weighted by Crippen LogP contribution is 2.41. The quantitative estimate of drug-likeness (QED) is 0.374. The molecule has 3 rings (SSSR count). The van der Waals surface area contributed by atoms with Crippen LogP contribution in [0.25, 0.3) is 22.3 Å². The lowest BCUT2D eigenvalue weighted by Crippen LogP contribution is -2.39. The predicted octanol–water partition coefficient (Wildman–Crippen LogP) is 1.99. The first kappa shape index (κ1) is 24.5. The molecule has 3 aromatic rings. The van der Waals surface area contributed by atoms with E-state index in [1.54, 1.807) is 0 Å². The number of rotatable bonds is 7. The summed E-state index contributed by atoms with van der Waals surface area (Å²) in [6.45, 7) is -0.556. The molecule has 0 atom stereocenters. The maximum Gasteiger partial charge on any atom is 0.412 e. The number of halogens is 1. The van der Waals surface area contributed by atoms with Gasteiger partial charge >= 0.3 is 12.1 Å². The van der Waals surface area contributed by atoms with Crippen LogP contribution in [0.2, 0.25) is 0 Å². The van der Waals surface area contributed by atoms with Crippen molar-refractivity contribution in [1.29, 1.82) is 0 Å². The van der Waals surface area contributed by atoms with Crippen LogP contribution in [-0.4, -0.2) is 53.3 Å². The van der Waals surface area contributed by atoms with Crippen LogP contribution in [0, 0.1) is 5.82 Å². The normalized spacial score (nSPS) is 11.2. The van der Waals surface area contributed by atoms with Gasteiger partial charge in [0.15, 0.2) is 0 Å². The van der Waals surface area contributed by atoms with Crippen LogP contribution in [0.3, 0.4) is 0 Å². The standard InChI is InChI=1S/C21H20FN3O8S/c1-24-17(26)10-25(34(3,29)30)14-9-15-13(8-16(14)31-2)18(20(27)33-21(23)28)19(32-15)11-4-6-12(22)7-5-11/h4-9H,10H2,1-3H3,(H2,23,28)(H,24,26). The van der Waals surface area contributed by atoms with Crippen LogP contribution in [0.5, 0.6) is 5.75 Å². The van der Waals surface area contributed by atoms with Gasteiger partial charge < -0.3 is 24.9 Å². The average molecular weight is 493 g/mol. The molecule has 0 fully saturated rings. The largest absolute Gasteiger partial charge is 0.495 e. The number of furan rings is 1. The third-order valence-electron chi connectivity index (χ3n) is 4.73. The minimum Gasteiger partial charge on any atom is -0.495 e. The Morgan fingerprint density at radius 1 is 1.18 bits per heavy atom. The van der Waals surface area contributed by atoms with Crippen molar-refractivity contribution in [2.24, 2.45) is 5.73 Å². The van der Waals surface area contributed by atoms with Gasteiger partial charge in [-0.15, -0.1) is 0 Å². The molecule has 1 aromatic heterocycles. The van der Waals surface area contributed by atoms with Crippen LogP contribution in [-0.2, 0) is 19.6 Å². The topological polar surface area (TPSA) is 158 Å². The molecule has 0 aliphatic carbocycles. The van der Waals surface area contributed by atoms with Crippen LogP contribution in [0.4, 0.5) is 14.9 Å². The fourth-order valence-corrected chi connectivity index (χ4v) is 4.06. The number of benzene rings is 2. The highest BCUT2D eigenvalue weighted by atomic mass is 32.2. The highest BCUT2D eigenvalue weighted by Gasteiger charge is 2.29. The number of likely N-dealkylation sites (N-methyl/N-ethyl adjacent to an activating group) is 1. The van der Waals surface area contributed by atoms with Gasteiger partial charge in [-0.05, 0) is 30.3 Å². The highest BCUT2D eigenvalue weighted by molar-refractivity contribution is 7.92. The Morgan fingerprint density at radius 3 is 2.35 bits per heavy atom. The van der Waals surface area contributed by atoms with Crippen molar-refractivity contribution in [3.8, 4) is 17.1 Å². The number of sulfonamides is 1. The summed E-state index contributed by atoms with van der Waals surface area (Å²) in [5, 5.41) is 2.44. The fraction of sp³-hybridized carbons (Fsp3) is 0.190. The smallest absolute Gasteiger partial charge is 0.412 e. The van der Waals surface area contributed by atoms with Crippen LogP contribution in [0.15, 0.2) is 40.8 Å². The van der Waals surface area contributed by atoms with Crippen molar-refractivity contribution in [3.05, 3.63) is 47.8 Å². The van der Waals surface area contributed by atoms with Crippen molar-refractivity contribution in [2.45, 2.75) is 0 Å². The van der Waals surface area contributed by atoms with E-state index in [-0.39, 0.29) is 39.3 Å². The zero-order valence-corrected chi connectivity index (χ0v) is 19.1. The first-order valence-electron chi connectivity index (χ1n) is 9.56. The average Bonchev–Trinajstić information content (AvgIpc) is 3.14. The van der Waals surface area contributed by atoms with E-state index in [2.05, 4.69) is 10.1 Å². The van der Waals surface area contributed by atoms with E-state index in [1.165, 1.54) is 38.4 Å². The fourth-order valence-electron chi connectivity index (χ4n) is 3.21. The van der Waals surface area contributed by atoms with Gasteiger partial charge in [0.2, 0.25) is 15.9 Å². The second-order valence-electron chi connectivity index (χ2n) is 6.98. The molecule has 13 heteroatoms. The van der Waals surface area contributed by atoms with Gasteiger partial charge in [0.1, 0.15) is 35.0 Å². The maximum atomic E-state index is 13.4. The van der Waals surface area contributed by atoms with Crippen molar-refractivity contribution in [3.63, 3.8) is 0 Å². The van der Waals surface area contributed by atoms with E-state index in [0.29, 0.717) is 0 Å². The lowest BCUT2D eigenvalue weighted by atomic mass is 10.0. The van der Waals surface area contributed by atoms with Gasteiger partial charge in [0, 0.05) is 24.1 Å². The summed E-state index contributed by atoms with van der Waals surface area (Å²) in [7, 11) is -1.35. The molecule has 3 N–H and O–H groups in total. The number of primary amides is 1. The van der Waals surface area contributed by atoms with Crippen LogP contribution >= 0.6 is 0 Å². The molecule has 0 saturated carbocycles. The number of carbonyl (C=O) groups excluding carboxylic acids is 3. The molecule has 0 aliphatic rings. The van der Waals surface area contributed by atoms with Gasteiger partial charge in [-0.3, -0.25) is 9.10 Å². The zero-order valence-electron chi connectivity index (χ0n) is 18.2. The van der Waals surface area contributed by atoms with E-state index in [0.717, 1.165) is 22.7 Å². The minimum absolute atomic E-state index is 0.00268. The Bertz CT molecular complexity index is 1380. The Morgan fingerprint density at radius 2 is 1.82 bits per heavy atom. The summed E-state index contributed by atoms with van der Waals surface area (Å²) in [6.07, 6.45) is -0.455. The Kier molecular flexibility index (Phi) is 6.77. The maximum absolute atomic E-state index is 13.4. The van der Waals surface area contributed by atoms with Crippen molar-refractivity contribution in [2.75, 3.05) is 31.3 Å². The second-order valence-corrected chi connectivity index (χ2v) is 8.89. The number of carbonyl (C=O) groups is 3. The molecular formula is C21H20FN3O8S. The number of esters is 1. The number of ether oxygens (including phenoxy) is 2. The number of nitrogens with two attached hydrogens (primary N) is 1. The SMILES string of the molecule is CNC(=O)CN(c1cc2oc(-c3ccc(F)cc3)c(C(=O)OC(N)=O)c2cc1OC)S(C)(=O)=O. The molecule has 180 valence electrons. The molecule has 0 bridgehead atoms. The number of anilines is 1. The van der Waals surface area contributed by atoms with E-state index in [1.807, 2.05) is 0 Å². The van der Waals surface area contributed by atoms with Gasteiger partial charge in [-0.25, -0.2) is 22.4 Å². The van der Waals surface area contributed by atoms with E-state index >= 15 is 0 Å². The molecule has 0 saturated heterocycles. The third-order valence-corrected chi connectivity index (χ3v) is 5.85. The second kappa shape index (κ2) is 9.39. The van der Waals surface area contributed by atoms with E-state index < -0.39 is 40.4 Å². The van der Waals surface area contributed by atoms with Gasteiger partial charge in [-0.1, -0.05) is 0 Å². The van der Waals surface area contributed by atoms with Gasteiger partial charge in [0.05, 0.1) is 19.1 Å². The number of amides is 2. The van der Waals surface area contributed by atoms with Gasteiger partial charge in [0.25, 0.3) is 0 Å². The van der Waals surface area contributed by atoms with Crippen LogP contribution < -0.4 is 20.1 Å². The van der Waals surface area contributed by atoms with E-state index in [9.17, 15) is 27.2 Å². The van der Waals surface area contributed by atoms with Gasteiger partial charge in [-0.2, -0.15) is 0 Å². The van der Waals surface area contributed by atoms with Crippen molar-refractivity contribution >= 4 is 44.6 Å². The first-order valence-corrected chi connectivity index (χ1v) is 11.4. The summed E-state index contributed by atoms with van der Waals surface area (Å²) in [4.78, 5) is 35.9. The summed E-state index contributed by atoms with van der Waals surface area (Å²) in [6, 6.07) is 7.48. The molecule has 0 spiro atoms. The monoisotopic (exact) mass is 493 g/mol. The Labute approximate surface area is 193 Å². The predicted molar refractivity (Wildman–Crippen MR) is 119 cm³/mol. The third kappa shape index (κ3) is 4.93. The summed E-state index contributed by atoms with van der Waals surface area (Å²) >= 11 is 0. The molecule has 1 heterocycles. The molecule has 34 heavy (non-hydrogen) atoms. The number of hydrogen-bond acceptors (Lipinski definition) is 8. The number of nitrogens with one attached hydrogen (secondary N) is 1. The lowest BCUT2D eigenvalue weighted by Gasteiger charge is -2.23. The lowest BCUT2D eigenvalue weighted by molar-refractivity contribution is -0.119. The Hall–Kier alpha value is -4.13. The first-order chi connectivity index (χ1) is 16.0. The minimum atomic E-state index is -3.96. The molecule has 2 amide bonds. The summed E-state index contributed by atoms with van der Waals surface area (Å²) < 4.78 is 54.8. The number of methoxy groups -OCH3 is 1. The molecule has 0 unspecified atom stereocenters. The van der Waals surface area contributed by atoms with Crippen molar-refractivity contribution in [1.82, 2.24) is 5.32 Å². The molecule has 0 aliphatic heterocycles. The molecular weight excluding hydrogens is 473 g/mol. The van der Waals surface area contributed by atoms with Crippen molar-refractivity contribution < 1.29 is 41.1 Å². The number of fused-ring (bicyclic) bond motifs is 1.